The Kier molecular flexibility index (Phi) is 5.89. The quantitative estimate of drug-likeness (QED) is 0.452. The highest BCUT2D eigenvalue weighted by Crippen LogP contribution is 2.26. The summed E-state index contributed by atoms with van der Waals surface area (Å²) in [5.41, 5.74) is 1.85. The average Bonchev–Trinajstić information content (AvgIpc) is 2.73. The molecule has 0 amide bonds. The predicted octanol–water partition coefficient (Wildman–Crippen LogP) is 4.05. The van der Waals surface area contributed by atoms with Crippen molar-refractivity contribution in [1.29, 1.82) is 0 Å². The second-order valence-electron chi connectivity index (χ2n) is 6.40. The highest BCUT2D eigenvalue weighted by molar-refractivity contribution is 7.92. The number of nitrogens with zero attached hydrogens (tertiary/aromatic N) is 1. The maximum atomic E-state index is 12.8. The summed E-state index contributed by atoms with van der Waals surface area (Å²) in [5.74, 6) is 0.433. The van der Waals surface area contributed by atoms with Crippen LogP contribution in [0.4, 0.5) is 5.69 Å². The molecule has 7 heteroatoms. The van der Waals surface area contributed by atoms with Crippen LogP contribution in [0.25, 0.3) is 0 Å². The number of methoxy groups -OCH3 is 1. The van der Waals surface area contributed by atoms with Crippen LogP contribution in [0, 0.1) is 6.92 Å². The standard InChI is InChI=1S/C22H21NO5S/c1-16-5-4-6-17(15-16)22(24)28-20-9-7-18(8-10-20)23(2)29(25,26)21-13-11-19(27-3)12-14-21/h4-15H,1-3H3. The van der Waals surface area contributed by atoms with E-state index in [9.17, 15) is 13.2 Å². The second-order valence-corrected chi connectivity index (χ2v) is 8.37. The summed E-state index contributed by atoms with van der Waals surface area (Å²) in [7, 11) is -0.748. The molecule has 3 aromatic carbocycles. The van der Waals surface area contributed by atoms with Crippen molar-refractivity contribution >= 4 is 21.7 Å². The molecule has 0 aliphatic rings. The van der Waals surface area contributed by atoms with Crippen molar-refractivity contribution in [2.75, 3.05) is 18.5 Å². The minimum absolute atomic E-state index is 0.149. The Hall–Kier alpha value is -3.32. The van der Waals surface area contributed by atoms with Crippen molar-refractivity contribution in [3.63, 3.8) is 0 Å². The van der Waals surface area contributed by atoms with Gasteiger partial charge in [-0.25, -0.2) is 13.2 Å². The van der Waals surface area contributed by atoms with Gasteiger partial charge in [0.25, 0.3) is 10.0 Å². The van der Waals surface area contributed by atoms with E-state index in [1.54, 1.807) is 54.6 Å². The number of aryl methyl sites for hydroxylation is 1. The van der Waals surface area contributed by atoms with E-state index < -0.39 is 16.0 Å². The fraction of sp³-hybridized carbons (Fsp3) is 0.136. The molecule has 0 radical (unpaired) electrons. The summed E-state index contributed by atoms with van der Waals surface area (Å²) < 4.78 is 37.2. The van der Waals surface area contributed by atoms with E-state index in [0.29, 0.717) is 22.7 Å². The van der Waals surface area contributed by atoms with Crippen molar-refractivity contribution in [2.45, 2.75) is 11.8 Å². The average molecular weight is 411 g/mol. The van der Waals surface area contributed by atoms with Crippen molar-refractivity contribution < 1.29 is 22.7 Å². The van der Waals surface area contributed by atoms with Gasteiger partial charge < -0.3 is 9.47 Å². The molecule has 0 aromatic heterocycles. The zero-order chi connectivity index (χ0) is 21.0. The van der Waals surface area contributed by atoms with E-state index in [1.165, 1.54) is 30.6 Å². The van der Waals surface area contributed by atoms with E-state index in [1.807, 2.05) is 13.0 Å². The Bertz CT molecular complexity index is 1110. The first-order chi connectivity index (χ1) is 13.8. The zero-order valence-corrected chi connectivity index (χ0v) is 17.1. The molecule has 0 saturated heterocycles. The molecule has 0 unspecified atom stereocenters. The number of rotatable bonds is 6. The van der Waals surface area contributed by atoms with Gasteiger partial charge in [-0.3, -0.25) is 4.31 Å². The van der Waals surface area contributed by atoms with Crippen LogP contribution in [-0.2, 0) is 10.0 Å². The normalized spacial score (nSPS) is 11.0. The van der Waals surface area contributed by atoms with Crippen LogP contribution in [0.5, 0.6) is 11.5 Å². The molecule has 0 bridgehead atoms. The lowest BCUT2D eigenvalue weighted by Gasteiger charge is -2.20. The summed E-state index contributed by atoms with van der Waals surface area (Å²) in [5, 5.41) is 0. The van der Waals surface area contributed by atoms with E-state index >= 15 is 0 Å². The number of ether oxygens (including phenoxy) is 2. The molecule has 3 aromatic rings. The Balaban J connectivity index is 1.75. The number of esters is 1. The van der Waals surface area contributed by atoms with Crippen LogP contribution in [0.3, 0.4) is 0 Å². The third-order valence-corrected chi connectivity index (χ3v) is 6.18. The van der Waals surface area contributed by atoms with Gasteiger partial charge in [-0.15, -0.1) is 0 Å². The van der Waals surface area contributed by atoms with Gasteiger partial charge in [0, 0.05) is 7.05 Å². The maximum Gasteiger partial charge on any atom is 0.343 e. The Morgan fingerprint density at radius 3 is 2.10 bits per heavy atom. The number of sulfonamides is 1. The Morgan fingerprint density at radius 2 is 1.52 bits per heavy atom. The van der Waals surface area contributed by atoms with Crippen molar-refractivity contribution in [2.24, 2.45) is 0 Å². The van der Waals surface area contributed by atoms with Gasteiger partial charge in [0.1, 0.15) is 11.5 Å². The first-order valence-electron chi connectivity index (χ1n) is 8.83. The maximum absolute atomic E-state index is 12.8. The fourth-order valence-electron chi connectivity index (χ4n) is 2.71. The van der Waals surface area contributed by atoms with Crippen molar-refractivity contribution in [3.05, 3.63) is 83.9 Å². The van der Waals surface area contributed by atoms with E-state index in [0.717, 1.165) is 5.56 Å². The molecule has 0 atom stereocenters. The van der Waals surface area contributed by atoms with Gasteiger partial charge in [0.05, 0.1) is 23.3 Å². The van der Waals surface area contributed by atoms with Gasteiger partial charge in [-0.2, -0.15) is 0 Å². The predicted molar refractivity (Wildman–Crippen MR) is 111 cm³/mol. The number of hydrogen-bond donors (Lipinski definition) is 0. The molecule has 6 nitrogen and oxygen atoms in total. The second kappa shape index (κ2) is 8.36. The third-order valence-electron chi connectivity index (χ3n) is 4.38. The minimum atomic E-state index is -3.73. The molecule has 0 N–H and O–H groups in total. The topological polar surface area (TPSA) is 72.9 Å². The van der Waals surface area contributed by atoms with Crippen molar-refractivity contribution in [1.82, 2.24) is 0 Å². The van der Waals surface area contributed by atoms with Crippen LogP contribution in [0.15, 0.2) is 77.7 Å². The highest BCUT2D eigenvalue weighted by Gasteiger charge is 2.21. The van der Waals surface area contributed by atoms with Crippen LogP contribution in [0.1, 0.15) is 15.9 Å². The lowest BCUT2D eigenvalue weighted by Crippen LogP contribution is -2.26. The van der Waals surface area contributed by atoms with Gasteiger partial charge in [0.2, 0.25) is 0 Å². The molecule has 29 heavy (non-hydrogen) atoms. The minimum Gasteiger partial charge on any atom is -0.497 e. The summed E-state index contributed by atoms with van der Waals surface area (Å²) in [6.07, 6.45) is 0. The number of benzene rings is 3. The number of hydrogen-bond acceptors (Lipinski definition) is 5. The van der Waals surface area contributed by atoms with Crippen LogP contribution >= 0.6 is 0 Å². The summed E-state index contributed by atoms with van der Waals surface area (Å²) in [6.45, 7) is 1.89. The first kappa shape index (κ1) is 20.4. The van der Waals surface area contributed by atoms with Gasteiger partial charge >= 0.3 is 5.97 Å². The highest BCUT2D eigenvalue weighted by atomic mass is 32.2. The van der Waals surface area contributed by atoms with Gasteiger partial charge in [-0.1, -0.05) is 17.7 Å². The summed E-state index contributed by atoms with van der Waals surface area (Å²) in [6, 6.07) is 19.5. The molecule has 0 heterocycles. The molecule has 150 valence electrons. The van der Waals surface area contributed by atoms with Gasteiger partial charge in [0.15, 0.2) is 0 Å². The molecule has 0 spiro atoms. The molecule has 0 fully saturated rings. The van der Waals surface area contributed by atoms with Gasteiger partial charge in [-0.05, 0) is 67.6 Å². The Labute approximate surface area is 170 Å². The number of anilines is 1. The molecule has 0 aliphatic carbocycles. The molecular formula is C22H21NO5S. The lowest BCUT2D eigenvalue weighted by molar-refractivity contribution is 0.0734. The Morgan fingerprint density at radius 1 is 0.897 bits per heavy atom. The van der Waals surface area contributed by atoms with E-state index in [-0.39, 0.29) is 4.90 Å². The smallest absolute Gasteiger partial charge is 0.343 e. The first-order valence-corrected chi connectivity index (χ1v) is 10.3. The SMILES string of the molecule is COc1ccc(S(=O)(=O)N(C)c2ccc(OC(=O)c3cccc(C)c3)cc2)cc1. The largest absolute Gasteiger partial charge is 0.497 e. The fourth-order valence-corrected chi connectivity index (χ4v) is 3.90. The van der Waals surface area contributed by atoms with Crippen molar-refractivity contribution in [3.8, 4) is 11.5 Å². The third kappa shape index (κ3) is 4.57. The molecular weight excluding hydrogens is 390 g/mol. The number of carbonyl (C=O) groups excluding carboxylic acids is 1. The zero-order valence-electron chi connectivity index (χ0n) is 16.3. The summed E-state index contributed by atoms with van der Waals surface area (Å²) in [4.78, 5) is 12.4. The van der Waals surface area contributed by atoms with Crippen LogP contribution < -0.4 is 13.8 Å². The number of carbonyl (C=O) groups is 1. The monoisotopic (exact) mass is 411 g/mol. The van der Waals surface area contributed by atoms with Crippen LogP contribution in [0.2, 0.25) is 0 Å². The van der Waals surface area contributed by atoms with E-state index in [4.69, 9.17) is 9.47 Å². The molecule has 0 aliphatic heterocycles. The van der Waals surface area contributed by atoms with Crippen LogP contribution in [-0.4, -0.2) is 28.5 Å². The molecule has 0 saturated carbocycles. The lowest BCUT2D eigenvalue weighted by atomic mass is 10.1. The molecule has 3 rings (SSSR count). The summed E-state index contributed by atoms with van der Waals surface area (Å²) >= 11 is 0. The van der Waals surface area contributed by atoms with E-state index in [2.05, 4.69) is 0 Å².